The summed E-state index contributed by atoms with van der Waals surface area (Å²) in [6.07, 6.45) is 0. The lowest BCUT2D eigenvalue weighted by Crippen LogP contribution is -2.22. The number of benzene rings is 2. The number of thiophene rings is 1. The Morgan fingerprint density at radius 1 is 1.26 bits per heavy atom. The van der Waals surface area contributed by atoms with Crippen LogP contribution in [0.15, 0.2) is 36.4 Å². The number of rotatable bonds is 5. The Bertz CT molecular complexity index is 1020. The summed E-state index contributed by atoms with van der Waals surface area (Å²) in [5, 5.41) is 3.78. The van der Waals surface area contributed by atoms with E-state index in [1.54, 1.807) is 24.3 Å². The van der Waals surface area contributed by atoms with Crippen LogP contribution in [0.5, 0.6) is 17.2 Å². The number of fused-ring (bicyclic) bond motifs is 2. The Morgan fingerprint density at radius 3 is 2.81 bits per heavy atom. The number of nitrogens with one attached hydrogen (secondary N) is 1. The first-order chi connectivity index (χ1) is 13.0. The number of carbonyl (C=O) groups is 1. The normalized spacial score (nSPS) is 12.6. The van der Waals surface area contributed by atoms with Gasteiger partial charge in [-0.25, -0.2) is 0 Å². The Morgan fingerprint density at radius 2 is 2.04 bits per heavy atom. The fraction of sp³-hybridized carbons (Fsp3) is 0.167. The maximum absolute atomic E-state index is 12.5. The minimum Gasteiger partial charge on any atom is -0.454 e. The molecule has 1 N–H and O–H groups in total. The Labute approximate surface area is 161 Å². The van der Waals surface area contributed by atoms with E-state index in [1.807, 2.05) is 0 Å². The van der Waals surface area contributed by atoms with E-state index < -0.39 is 6.61 Å². The number of alkyl halides is 2. The van der Waals surface area contributed by atoms with Crippen LogP contribution in [0.4, 0.5) is 8.78 Å². The monoisotopic (exact) mass is 411 g/mol. The van der Waals surface area contributed by atoms with Crippen LogP contribution in [0.25, 0.3) is 10.1 Å². The minimum absolute atomic E-state index is 0.0335. The molecule has 0 radical (unpaired) electrons. The van der Waals surface area contributed by atoms with Crippen molar-refractivity contribution >= 4 is 38.9 Å². The van der Waals surface area contributed by atoms with Crippen molar-refractivity contribution in [3.63, 3.8) is 0 Å². The predicted octanol–water partition coefficient (Wildman–Crippen LogP) is 4.81. The molecule has 0 saturated heterocycles. The highest BCUT2D eigenvalue weighted by Crippen LogP contribution is 2.43. The van der Waals surface area contributed by atoms with E-state index in [0.717, 1.165) is 4.70 Å². The van der Waals surface area contributed by atoms with E-state index in [2.05, 4.69) is 10.1 Å². The zero-order valence-corrected chi connectivity index (χ0v) is 15.2. The molecule has 1 amide bonds. The highest BCUT2D eigenvalue weighted by atomic mass is 35.5. The van der Waals surface area contributed by atoms with Crippen LogP contribution in [0, 0.1) is 0 Å². The third-order valence-electron chi connectivity index (χ3n) is 3.91. The molecule has 0 unspecified atom stereocenters. The number of amides is 1. The van der Waals surface area contributed by atoms with Crippen molar-refractivity contribution in [2.45, 2.75) is 13.2 Å². The van der Waals surface area contributed by atoms with Gasteiger partial charge in [0.2, 0.25) is 6.79 Å². The second kappa shape index (κ2) is 7.21. The molecule has 1 aliphatic heterocycles. The van der Waals surface area contributed by atoms with Gasteiger partial charge in [0.15, 0.2) is 11.5 Å². The smallest absolute Gasteiger partial charge is 0.387 e. The Hall–Kier alpha value is -2.58. The molecular weight excluding hydrogens is 400 g/mol. The first-order valence-corrected chi connectivity index (χ1v) is 9.04. The highest BCUT2D eigenvalue weighted by molar-refractivity contribution is 7.21. The molecule has 2 heterocycles. The van der Waals surface area contributed by atoms with Crippen LogP contribution in [0.1, 0.15) is 15.2 Å². The van der Waals surface area contributed by atoms with Gasteiger partial charge in [0.25, 0.3) is 5.91 Å². The van der Waals surface area contributed by atoms with Crippen molar-refractivity contribution in [3.8, 4) is 17.2 Å². The standard InChI is InChI=1S/C18H12ClF2NO4S/c19-15-11-5-12-13(25-8-24-12)6-14(11)27-16(15)17(23)22-7-9-2-1-3-10(4-9)26-18(20)21/h1-6,18H,7-8H2,(H,22,23). The van der Waals surface area contributed by atoms with E-state index in [4.69, 9.17) is 21.1 Å². The van der Waals surface area contributed by atoms with Crippen molar-refractivity contribution in [3.05, 3.63) is 51.9 Å². The van der Waals surface area contributed by atoms with Gasteiger partial charge in [0, 0.05) is 22.7 Å². The number of halogens is 3. The number of ether oxygens (including phenoxy) is 3. The molecular formula is C18H12ClF2NO4S. The van der Waals surface area contributed by atoms with Crippen LogP contribution >= 0.6 is 22.9 Å². The van der Waals surface area contributed by atoms with Crippen LogP contribution in [-0.4, -0.2) is 19.3 Å². The van der Waals surface area contributed by atoms with Crippen LogP contribution in [0.2, 0.25) is 5.02 Å². The summed E-state index contributed by atoms with van der Waals surface area (Å²) >= 11 is 7.61. The minimum atomic E-state index is -2.90. The molecule has 0 bridgehead atoms. The summed E-state index contributed by atoms with van der Waals surface area (Å²) in [5.41, 5.74) is 0.625. The summed E-state index contributed by atoms with van der Waals surface area (Å²) in [6, 6.07) is 9.67. The summed E-state index contributed by atoms with van der Waals surface area (Å²) in [7, 11) is 0. The third kappa shape index (κ3) is 3.63. The molecule has 0 aliphatic carbocycles. The average Bonchev–Trinajstić information content (AvgIpc) is 3.22. The second-order valence-corrected chi connectivity index (χ2v) is 7.09. The van der Waals surface area contributed by atoms with Gasteiger partial charge in [-0.3, -0.25) is 4.79 Å². The van der Waals surface area contributed by atoms with Gasteiger partial charge in [-0.1, -0.05) is 23.7 Å². The van der Waals surface area contributed by atoms with Crippen LogP contribution in [-0.2, 0) is 6.54 Å². The predicted molar refractivity (Wildman–Crippen MR) is 97.2 cm³/mol. The zero-order valence-electron chi connectivity index (χ0n) is 13.6. The zero-order chi connectivity index (χ0) is 19.0. The molecule has 3 aromatic rings. The maximum Gasteiger partial charge on any atom is 0.387 e. The molecule has 4 rings (SSSR count). The van der Waals surface area contributed by atoms with E-state index in [1.165, 1.54) is 23.5 Å². The maximum atomic E-state index is 12.5. The average molecular weight is 412 g/mol. The molecule has 27 heavy (non-hydrogen) atoms. The van der Waals surface area contributed by atoms with Crippen molar-refractivity contribution in [1.29, 1.82) is 0 Å². The molecule has 1 aliphatic rings. The quantitative estimate of drug-likeness (QED) is 0.654. The first-order valence-electron chi connectivity index (χ1n) is 7.85. The molecule has 140 valence electrons. The Kier molecular flexibility index (Phi) is 4.75. The summed E-state index contributed by atoms with van der Waals surface area (Å²) in [4.78, 5) is 12.9. The van der Waals surface area contributed by atoms with Gasteiger partial charge >= 0.3 is 6.61 Å². The first kappa shape index (κ1) is 17.8. The molecule has 2 aromatic carbocycles. The number of hydrogen-bond acceptors (Lipinski definition) is 5. The van der Waals surface area contributed by atoms with E-state index >= 15 is 0 Å². The second-order valence-electron chi connectivity index (χ2n) is 5.66. The van der Waals surface area contributed by atoms with Gasteiger partial charge < -0.3 is 19.5 Å². The van der Waals surface area contributed by atoms with Crippen LogP contribution in [0.3, 0.4) is 0 Å². The fourth-order valence-electron chi connectivity index (χ4n) is 2.70. The van der Waals surface area contributed by atoms with Crippen molar-refractivity contribution in [1.82, 2.24) is 5.32 Å². The molecule has 9 heteroatoms. The largest absolute Gasteiger partial charge is 0.454 e. The summed E-state index contributed by atoms with van der Waals surface area (Å²) in [5.74, 6) is 0.878. The highest BCUT2D eigenvalue weighted by Gasteiger charge is 2.21. The summed E-state index contributed by atoms with van der Waals surface area (Å²) in [6.45, 7) is -2.60. The lowest BCUT2D eigenvalue weighted by Gasteiger charge is -2.08. The van der Waals surface area contributed by atoms with E-state index in [-0.39, 0.29) is 25.0 Å². The fourth-order valence-corrected chi connectivity index (χ4v) is 4.13. The van der Waals surface area contributed by atoms with Crippen molar-refractivity contribution in [2.75, 3.05) is 6.79 Å². The lowest BCUT2D eigenvalue weighted by molar-refractivity contribution is -0.0498. The third-order valence-corrected chi connectivity index (χ3v) is 5.56. The molecule has 0 fully saturated rings. The SMILES string of the molecule is O=C(NCc1cccc(OC(F)F)c1)c1sc2cc3c(cc2c1Cl)OCO3. The van der Waals surface area contributed by atoms with E-state index in [9.17, 15) is 13.6 Å². The van der Waals surface area contributed by atoms with E-state index in [0.29, 0.717) is 32.3 Å². The molecule has 5 nitrogen and oxygen atoms in total. The van der Waals surface area contributed by atoms with Gasteiger partial charge in [-0.15, -0.1) is 11.3 Å². The molecule has 0 atom stereocenters. The number of carbonyl (C=O) groups excluding carboxylic acids is 1. The summed E-state index contributed by atoms with van der Waals surface area (Å²) < 4.78 is 40.4. The Balaban J connectivity index is 1.51. The van der Waals surface area contributed by atoms with Gasteiger partial charge in [-0.05, 0) is 23.8 Å². The molecule has 0 spiro atoms. The van der Waals surface area contributed by atoms with Crippen LogP contribution < -0.4 is 19.5 Å². The number of hydrogen-bond donors (Lipinski definition) is 1. The van der Waals surface area contributed by atoms with Gasteiger partial charge in [0.05, 0.1) is 5.02 Å². The van der Waals surface area contributed by atoms with Crippen molar-refractivity contribution < 1.29 is 27.8 Å². The lowest BCUT2D eigenvalue weighted by atomic mass is 10.2. The topological polar surface area (TPSA) is 56.8 Å². The molecule has 0 saturated carbocycles. The van der Waals surface area contributed by atoms with Gasteiger partial charge in [0.1, 0.15) is 10.6 Å². The van der Waals surface area contributed by atoms with Gasteiger partial charge in [-0.2, -0.15) is 8.78 Å². The molecule has 1 aromatic heterocycles. The van der Waals surface area contributed by atoms with Crippen molar-refractivity contribution in [2.24, 2.45) is 0 Å².